The van der Waals surface area contributed by atoms with Crippen molar-refractivity contribution in [3.8, 4) is 0 Å². The normalized spacial score (nSPS) is 17.0. The molecule has 3 rings (SSSR count). The second kappa shape index (κ2) is 6.63. The Labute approximate surface area is 139 Å². The van der Waals surface area contributed by atoms with Crippen LogP contribution in [0.4, 0.5) is 16.2 Å². The van der Waals surface area contributed by atoms with Crippen LogP contribution in [0.5, 0.6) is 0 Å². The molecular weight excluding hydrogens is 316 g/mol. The summed E-state index contributed by atoms with van der Waals surface area (Å²) < 4.78 is 0. The predicted octanol–water partition coefficient (Wildman–Crippen LogP) is 5.26. The molecule has 1 heterocycles. The minimum Gasteiger partial charge on any atom is -0.308 e. The molecule has 1 N–H and O–H groups in total. The predicted molar refractivity (Wildman–Crippen MR) is 94.2 cm³/mol. The van der Waals surface area contributed by atoms with Gasteiger partial charge in [-0.25, -0.2) is 4.79 Å². The maximum absolute atomic E-state index is 12.6. The molecule has 0 saturated heterocycles. The van der Waals surface area contributed by atoms with Gasteiger partial charge in [0.15, 0.2) is 0 Å². The van der Waals surface area contributed by atoms with Gasteiger partial charge >= 0.3 is 6.03 Å². The zero-order valence-electron chi connectivity index (χ0n) is 12.3. The van der Waals surface area contributed by atoms with Crippen LogP contribution in [0, 0.1) is 0 Å². The first-order valence-corrected chi connectivity index (χ1v) is 8.53. The van der Waals surface area contributed by atoms with Gasteiger partial charge in [-0.1, -0.05) is 30.7 Å². The van der Waals surface area contributed by atoms with Gasteiger partial charge in [0.2, 0.25) is 0 Å². The number of para-hydroxylation sites is 1. The summed E-state index contributed by atoms with van der Waals surface area (Å²) in [6.07, 6.45) is 1.03. The number of carbonyl (C=O) groups excluding carboxylic acids is 1. The summed E-state index contributed by atoms with van der Waals surface area (Å²) in [7, 11) is 0. The molecule has 0 radical (unpaired) electrons. The maximum Gasteiger partial charge on any atom is 0.326 e. The first kappa shape index (κ1) is 15.3. The molecular formula is C17H17ClN2OS. The van der Waals surface area contributed by atoms with Crippen LogP contribution in [0.2, 0.25) is 5.02 Å². The van der Waals surface area contributed by atoms with E-state index >= 15 is 0 Å². The highest BCUT2D eigenvalue weighted by molar-refractivity contribution is 8.00. The molecule has 0 fully saturated rings. The molecule has 1 atom stereocenters. The Bertz CT molecular complexity index is 675. The molecule has 2 aromatic rings. The van der Waals surface area contributed by atoms with Gasteiger partial charge in [-0.2, -0.15) is 0 Å². The topological polar surface area (TPSA) is 32.3 Å². The highest BCUT2D eigenvalue weighted by atomic mass is 35.5. The Morgan fingerprint density at radius 1 is 1.27 bits per heavy atom. The molecule has 114 valence electrons. The smallest absolute Gasteiger partial charge is 0.308 e. The molecule has 2 aromatic carbocycles. The van der Waals surface area contributed by atoms with Gasteiger partial charge in [0, 0.05) is 27.4 Å². The van der Waals surface area contributed by atoms with Gasteiger partial charge in [-0.3, -0.25) is 4.90 Å². The van der Waals surface area contributed by atoms with E-state index in [-0.39, 0.29) is 6.03 Å². The maximum atomic E-state index is 12.6. The highest BCUT2D eigenvalue weighted by Gasteiger charge is 2.28. The number of amides is 2. The van der Waals surface area contributed by atoms with Crippen molar-refractivity contribution >= 4 is 40.8 Å². The number of urea groups is 1. The van der Waals surface area contributed by atoms with E-state index in [9.17, 15) is 4.79 Å². The fraction of sp³-hybridized carbons (Fsp3) is 0.235. The molecule has 2 amide bonds. The lowest BCUT2D eigenvalue weighted by Crippen LogP contribution is -2.41. The van der Waals surface area contributed by atoms with Gasteiger partial charge in [0.1, 0.15) is 0 Å². The SMILES string of the molecule is CC[C@H]1CN(C(=O)Nc2ccc(Cl)cc2)c2ccccc2S1. The van der Waals surface area contributed by atoms with E-state index in [1.54, 1.807) is 12.1 Å². The van der Waals surface area contributed by atoms with Crippen molar-refractivity contribution in [2.24, 2.45) is 0 Å². The van der Waals surface area contributed by atoms with E-state index in [2.05, 4.69) is 18.3 Å². The minimum atomic E-state index is -0.103. The van der Waals surface area contributed by atoms with Crippen LogP contribution in [-0.4, -0.2) is 17.8 Å². The number of nitrogens with zero attached hydrogens (tertiary/aromatic N) is 1. The van der Waals surface area contributed by atoms with E-state index in [0.717, 1.165) is 29.2 Å². The lowest BCUT2D eigenvalue weighted by atomic mass is 10.2. The Balaban J connectivity index is 1.83. The zero-order chi connectivity index (χ0) is 15.5. The molecule has 1 aliphatic rings. The van der Waals surface area contributed by atoms with E-state index in [1.807, 2.05) is 47.0 Å². The van der Waals surface area contributed by atoms with Crippen molar-refractivity contribution in [2.45, 2.75) is 23.5 Å². The van der Waals surface area contributed by atoms with E-state index in [0.29, 0.717) is 10.3 Å². The summed E-state index contributed by atoms with van der Waals surface area (Å²) in [5, 5.41) is 4.02. The third-order valence-electron chi connectivity index (χ3n) is 3.63. The number of thioether (sulfide) groups is 1. The Morgan fingerprint density at radius 2 is 2.00 bits per heavy atom. The largest absolute Gasteiger partial charge is 0.326 e. The number of fused-ring (bicyclic) bond motifs is 1. The number of nitrogens with one attached hydrogen (secondary N) is 1. The first-order valence-electron chi connectivity index (χ1n) is 7.27. The van der Waals surface area contributed by atoms with Gasteiger partial charge in [0.25, 0.3) is 0 Å². The average Bonchev–Trinajstić information content (AvgIpc) is 2.55. The second-order valence-corrected chi connectivity index (χ2v) is 6.94. The van der Waals surface area contributed by atoms with Crippen LogP contribution in [0.1, 0.15) is 13.3 Å². The van der Waals surface area contributed by atoms with Crippen molar-refractivity contribution in [1.29, 1.82) is 0 Å². The summed E-state index contributed by atoms with van der Waals surface area (Å²) in [6.45, 7) is 2.87. The molecule has 0 saturated carbocycles. The molecule has 5 heteroatoms. The van der Waals surface area contributed by atoms with Crippen LogP contribution in [0.25, 0.3) is 0 Å². The average molecular weight is 333 g/mol. The minimum absolute atomic E-state index is 0.103. The van der Waals surface area contributed by atoms with Crippen LogP contribution in [0.15, 0.2) is 53.4 Å². The third-order valence-corrected chi connectivity index (χ3v) is 5.30. The number of halogens is 1. The summed E-state index contributed by atoms with van der Waals surface area (Å²) >= 11 is 7.72. The number of hydrogen-bond donors (Lipinski definition) is 1. The second-order valence-electron chi connectivity index (χ2n) is 5.16. The number of benzene rings is 2. The van der Waals surface area contributed by atoms with E-state index in [1.165, 1.54) is 0 Å². The lowest BCUT2D eigenvalue weighted by Gasteiger charge is -2.33. The van der Waals surface area contributed by atoms with Crippen LogP contribution in [0.3, 0.4) is 0 Å². The molecule has 0 spiro atoms. The van der Waals surface area contributed by atoms with E-state index in [4.69, 9.17) is 11.6 Å². The zero-order valence-corrected chi connectivity index (χ0v) is 13.8. The number of anilines is 2. The molecule has 0 aromatic heterocycles. The number of hydrogen-bond acceptors (Lipinski definition) is 2. The van der Waals surface area contributed by atoms with Crippen molar-refractivity contribution in [1.82, 2.24) is 0 Å². The Hall–Kier alpha value is -1.65. The van der Waals surface area contributed by atoms with Crippen LogP contribution in [-0.2, 0) is 0 Å². The van der Waals surface area contributed by atoms with E-state index < -0.39 is 0 Å². The molecule has 0 unspecified atom stereocenters. The molecule has 22 heavy (non-hydrogen) atoms. The summed E-state index contributed by atoms with van der Waals surface area (Å²) in [5.74, 6) is 0. The third kappa shape index (κ3) is 3.23. The summed E-state index contributed by atoms with van der Waals surface area (Å²) in [4.78, 5) is 15.6. The Kier molecular flexibility index (Phi) is 4.60. The van der Waals surface area contributed by atoms with Gasteiger partial charge in [-0.15, -0.1) is 11.8 Å². The molecule has 3 nitrogen and oxygen atoms in total. The number of carbonyl (C=O) groups is 1. The molecule has 0 aliphatic carbocycles. The van der Waals surface area contributed by atoms with Gasteiger partial charge in [0.05, 0.1) is 5.69 Å². The van der Waals surface area contributed by atoms with Gasteiger partial charge in [-0.05, 0) is 42.8 Å². The van der Waals surface area contributed by atoms with Crippen molar-refractivity contribution in [2.75, 3.05) is 16.8 Å². The van der Waals surface area contributed by atoms with Crippen LogP contribution < -0.4 is 10.2 Å². The fourth-order valence-corrected chi connectivity index (χ4v) is 3.76. The van der Waals surface area contributed by atoms with Crippen molar-refractivity contribution in [3.05, 3.63) is 53.6 Å². The molecule has 1 aliphatic heterocycles. The quantitative estimate of drug-likeness (QED) is 0.813. The Morgan fingerprint density at radius 3 is 2.73 bits per heavy atom. The number of rotatable bonds is 2. The van der Waals surface area contributed by atoms with Crippen molar-refractivity contribution < 1.29 is 4.79 Å². The summed E-state index contributed by atoms with van der Waals surface area (Å²) in [6, 6.07) is 15.1. The summed E-state index contributed by atoms with van der Waals surface area (Å²) in [5.41, 5.74) is 1.72. The molecule has 0 bridgehead atoms. The lowest BCUT2D eigenvalue weighted by molar-refractivity contribution is 0.256. The van der Waals surface area contributed by atoms with Crippen molar-refractivity contribution in [3.63, 3.8) is 0 Å². The van der Waals surface area contributed by atoms with Crippen LogP contribution >= 0.6 is 23.4 Å². The highest BCUT2D eigenvalue weighted by Crippen LogP contribution is 2.39. The fourth-order valence-electron chi connectivity index (χ4n) is 2.43. The first-order chi connectivity index (χ1) is 10.7. The standard InChI is InChI=1S/C17H17ClN2OS/c1-2-14-11-20(15-5-3-4-6-16(15)22-14)17(21)19-13-9-7-12(18)8-10-13/h3-10,14H,2,11H2,1H3,(H,19,21)/t14-/m0/s1. The van der Waals surface area contributed by atoms with Gasteiger partial charge < -0.3 is 5.32 Å². The monoisotopic (exact) mass is 332 g/mol.